The van der Waals surface area contributed by atoms with Gasteiger partial charge in [0.05, 0.1) is 18.2 Å². The van der Waals surface area contributed by atoms with Gasteiger partial charge in [0.25, 0.3) is 0 Å². The molecule has 1 aromatic carbocycles. The molecule has 0 saturated heterocycles. The molecule has 2 aliphatic rings. The average Bonchev–Trinajstić information content (AvgIpc) is 2.66. The van der Waals surface area contributed by atoms with Crippen molar-refractivity contribution in [3.05, 3.63) is 53.1 Å². The summed E-state index contributed by atoms with van der Waals surface area (Å²) >= 11 is 0. The van der Waals surface area contributed by atoms with Gasteiger partial charge in [-0.2, -0.15) is 0 Å². The van der Waals surface area contributed by atoms with E-state index in [1.807, 2.05) is 37.4 Å². The number of carbonyl (C=O) groups is 1. The standard InChI is InChI=1S/C22H23N3O3/c1-2-28-19-6-3-15(4-7-19)5-8-21-23-13-17-14-25(10-9-20(17)24-21)18-11-16(12-18)22(26)27/h3-4,6-7,13,16,18H,2,9-12,14H2,1H3,(H,26,27). The SMILES string of the molecule is CCOc1ccc(C#Cc2ncc3c(n2)CCN(C2CC(C(=O)O)C2)C3)cc1. The zero-order valence-corrected chi connectivity index (χ0v) is 15.9. The number of ether oxygens (including phenoxy) is 1. The molecule has 1 N–H and O–H groups in total. The lowest BCUT2D eigenvalue weighted by Gasteiger charge is -2.43. The van der Waals surface area contributed by atoms with Crippen molar-refractivity contribution in [3.63, 3.8) is 0 Å². The lowest BCUT2D eigenvalue weighted by molar-refractivity contribution is -0.147. The van der Waals surface area contributed by atoms with Crippen molar-refractivity contribution in [2.45, 2.75) is 38.8 Å². The Kier molecular flexibility index (Phi) is 5.27. The van der Waals surface area contributed by atoms with E-state index in [4.69, 9.17) is 9.84 Å². The van der Waals surface area contributed by atoms with Crippen LogP contribution in [-0.2, 0) is 17.8 Å². The van der Waals surface area contributed by atoms with E-state index in [-0.39, 0.29) is 5.92 Å². The third-order valence-corrected chi connectivity index (χ3v) is 5.43. The van der Waals surface area contributed by atoms with Crippen LogP contribution in [-0.4, -0.2) is 45.1 Å². The Hall–Kier alpha value is -2.91. The van der Waals surface area contributed by atoms with Crippen molar-refractivity contribution in [1.82, 2.24) is 14.9 Å². The first-order valence-electron chi connectivity index (χ1n) is 9.69. The maximum absolute atomic E-state index is 11.0. The Balaban J connectivity index is 1.40. The van der Waals surface area contributed by atoms with Crippen LogP contribution in [0, 0.1) is 17.8 Å². The number of carboxylic acid groups (broad SMARTS) is 1. The molecule has 2 heterocycles. The van der Waals surface area contributed by atoms with Crippen LogP contribution in [0.5, 0.6) is 5.75 Å². The number of aliphatic carboxylic acids is 1. The van der Waals surface area contributed by atoms with Crippen LogP contribution >= 0.6 is 0 Å². The van der Waals surface area contributed by atoms with Gasteiger partial charge in [0, 0.05) is 42.9 Å². The second kappa shape index (κ2) is 7.99. The highest BCUT2D eigenvalue weighted by molar-refractivity contribution is 5.71. The summed E-state index contributed by atoms with van der Waals surface area (Å²) in [5.41, 5.74) is 3.07. The van der Waals surface area contributed by atoms with Gasteiger partial charge in [-0.1, -0.05) is 5.92 Å². The van der Waals surface area contributed by atoms with E-state index in [0.717, 1.165) is 54.9 Å². The number of hydrogen-bond donors (Lipinski definition) is 1. The molecule has 1 saturated carbocycles. The van der Waals surface area contributed by atoms with E-state index in [1.165, 1.54) is 0 Å². The van der Waals surface area contributed by atoms with Crippen LogP contribution < -0.4 is 4.74 Å². The van der Waals surface area contributed by atoms with E-state index in [0.29, 0.717) is 18.5 Å². The van der Waals surface area contributed by atoms with Crippen molar-refractivity contribution >= 4 is 5.97 Å². The first-order valence-corrected chi connectivity index (χ1v) is 9.69. The summed E-state index contributed by atoms with van der Waals surface area (Å²) < 4.78 is 5.44. The molecule has 1 aliphatic heterocycles. The van der Waals surface area contributed by atoms with Crippen molar-refractivity contribution < 1.29 is 14.6 Å². The molecule has 0 bridgehead atoms. The van der Waals surface area contributed by atoms with Gasteiger partial charge in [-0.25, -0.2) is 9.97 Å². The summed E-state index contributed by atoms with van der Waals surface area (Å²) in [6.07, 6.45) is 4.21. The largest absolute Gasteiger partial charge is 0.494 e. The number of benzene rings is 1. The molecule has 6 heteroatoms. The highest BCUT2D eigenvalue weighted by Crippen LogP contribution is 2.34. The Labute approximate surface area is 164 Å². The second-order valence-corrected chi connectivity index (χ2v) is 7.25. The third kappa shape index (κ3) is 4.00. The Morgan fingerprint density at radius 1 is 1.29 bits per heavy atom. The van der Waals surface area contributed by atoms with Crippen LogP contribution in [0.2, 0.25) is 0 Å². The van der Waals surface area contributed by atoms with Crippen LogP contribution in [0.3, 0.4) is 0 Å². The fraction of sp³-hybridized carbons (Fsp3) is 0.409. The fourth-order valence-corrected chi connectivity index (χ4v) is 3.73. The van der Waals surface area contributed by atoms with Gasteiger partial charge in [0.1, 0.15) is 5.75 Å². The Bertz CT molecular complexity index is 924. The molecule has 0 spiro atoms. The molecule has 6 nitrogen and oxygen atoms in total. The minimum absolute atomic E-state index is 0.178. The van der Waals surface area contributed by atoms with Crippen LogP contribution in [0.15, 0.2) is 30.5 Å². The summed E-state index contributed by atoms with van der Waals surface area (Å²) in [4.78, 5) is 22.4. The molecule has 0 atom stereocenters. The minimum atomic E-state index is -0.673. The number of hydrogen-bond acceptors (Lipinski definition) is 5. The summed E-state index contributed by atoms with van der Waals surface area (Å²) in [5.74, 6) is 6.67. The van der Waals surface area contributed by atoms with Gasteiger partial charge in [-0.05, 0) is 50.0 Å². The monoisotopic (exact) mass is 377 g/mol. The Morgan fingerprint density at radius 3 is 2.79 bits per heavy atom. The van der Waals surface area contributed by atoms with Crippen LogP contribution in [0.1, 0.15) is 42.4 Å². The predicted octanol–water partition coefficient (Wildman–Crippen LogP) is 2.50. The summed E-state index contributed by atoms with van der Waals surface area (Å²) in [7, 11) is 0. The normalized spacial score (nSPS) is 21.0. The van der Waals surface area contributed by atoms with Gasteiger partial charge in [0.15, 0.2) is 0 Å². The van der Waals surface area contributed by atoms with Gasteiger partial charge in [-0.15, -0.1) is 0 Å². The van der Waals surface area contributed by atoms with E-state index in [9.17, 15) is 4.79 Å². The molecule has 1 aromatic heterocycles. The van der Waals surface area contributed by atoms with E-state index >= 15 is 0 Å². The molecule has 0 amide bonds. The highest BCUT2D eigenvalue weighted by atomic mass is 16.5. The number of carboxylic acids is 1. The highest BCUT2D eigenvalue weighted by Gasteiger charge is 2.38. The van der Waals surface area contributed by atoms with Crippen molar-refractivity contribution in [2.75, 3.05) is 13.2 Å². The van der Waals surface area contributed by atoms with Gasteiger partial charge >= 0.3 is 5.97 Å². The number of fused-ring (bicyclic) bond motifs is 1. The van der Waals surface area contributed by atoms with Gasteiger partial charge < -0.3 is 9.84 Å². The zero-order valence-electron chi connectivity index (χ0n) is 15.9. The third-order valence-electron chi connectivity index (χ3n) is 5.43. The lowest BCUT2D eigenvalue weighted by atomic mass is 9.78. The molecule has 2 aromatic rings. The average molecular weight is 377 g/mol. The smallest absolute Gasteiger partial charge is 0.306 e. The molecular formula is C22H23N3O3. The van der Waals surface area contributed by atoms with E-state index < -0.39 is 5.97 Å². The molecule has 28 heavy (non-hydrogen) atoms. The quantitative estimate of drug-likeness (QED) is 0.825. The zero-order chi connectivity index (χ0) is 19.5. The van der Waals surface area contributed by atoms with Crippen molar-refractivity contribution in [3.8, 4) is 17.6 Å². The van der Waals surface area contributed by atoms with Crippen LogP contribution in [0.4, 0.5) is 0 Å². The first kappa shape index (κ1) is 18.5. The maximum atomic E-state index is 11.0. The number of aromatic nitrogens is 2. The predicted molar refractivity (Wildman–Crippen MR) is 104 cm³/mol. The molecule has 1 aliphatic carbocycles. The maximum Gasteiger partial charge on any atom is 0.306 e. The minimum Gasteiger partial charge on any atom is -0.494 e. The van der Waals surface area contributed by atoms with Crippen molar-refractivity contribution in [2.24, 2.45) is 5.92 Å². The molecule has 1 fully saturated rings. The van der Waals surface area contributed by atoms with E-state index in [1.54, 1.807) is 0 Å². The van der Waals surface area contributed by atoms with E-state index in [2.05, 4.69) is 26.7 Å². The second-order valence-electron chi connectivity index (χ2n) is 7.25. The molecule has 0 unspecified atom stereocenters. The Morgan fingerprint density at radius 2 is 2.07 bits per heavy atom. The first-order chi connectivity index (χ1) is 13.6. The molecule has 144 valence electrons. The number of nitrogens with zero attached hydrogens (tertiary/aromatic N) is 3. The molecule has 0 radical (unpaired) electrons. The number of rotatable bonds is 4. The topological polar surface area (TPSA) is 75.6 Å². The summed E-state index contributed by atoms with van der Waals surface area (Å²) in [5, 5.41) is 9.05. The molecule has 4 rings (SSSR count). The fourth-order valence-electron chi connectivity index (χ4n) is 3.73. The van der Waals surface area contributed by atoms with Gasteiger partial charge in [0.2, 0.25) is 5.82 Å². The summed E-state index contributed by atoms with van der Waals surface area (Å²) in [6, 6.07) is 8.04. The van der Waals surface area contributed by atoms with Crippen LogP contribution in [0.25, 0.3) is 0 Å². The summed E-state index contributed by atoms with van der Waals surface area (Å²) in [6.45, 7) is 4.30. The molecular weight excluding hydrogens is 354 g/mol. The van der Waals surface area contributed by atoms with Gasteiger partial charge in [-0.3, -0.25) is 9.69 Å². The lowest BCUT2D eigenvalue weighted by Crippen LogP contribution is -2.48. The van der Waals surface area contributed by atoms with Crippen molar-refractivity contribution in [1.29, 1.82) is 0 Å².